The van der Waals surface area contributed by atoms with Gasteiger partial charge < -0.3 is 15.4 Å². The van der Waals surface area contributed by atoms with Crippen LogP contribution in [-0.2, 0) is 22.4 Å². The molecule has 5 heteroatoms. The topological polar surface area (TPSA) is 82.2 Å². The number of carboxylic acids is 1. The third-order valence-corrected chi connectivity index (χ3v) is 4.41. The number of nitrogens with one attached hydrogen (secondary N) is 2. The Bertz CT molecular complexity index is 720. The zero-order valence-electron chi connectivity index (χ0n) is 12.6. The lowest BCUT2D eigenvalue weighted by Crippen LogP contribution is -2.28. The minimum absolute atomic E-state index is 0.138. The molecule has 1 aliphatic rings. The van der Waals surface area contributed by atoms with Gasteiger partial charge in [0, 0.05) is 23.6 Å². The molecule has 0 aliphatic heterocycles. The van der Waals surface area contributed by atoms with Crippen molar-refractivity contribution in [1.82, 2.24) is 10.3 Å². The molecule has 0 radical (unpaired) electrons. The highest BCUT2D eigenvalue weighted by Gasteiger charge is 2.48. The van der Waals surface area contributed by atoms with Gasteiger partial charge in [-0.1, -0.05) is 25.1 Å². The molecule has 2 unspecified atom stereocenters. The summed E-state index contributed by atoms with van der Waals surface area (Å²) < 4.78 is 0. The van der Waals surface area contributed by atoms with Crippen molar-refractivity contribution >= 4 is 22.8 Å². The van der Waals surface area contributed by atoms with Gasteiger partial charge in [-0.2, -0.15) is 0 Å². The van der Waals surface area contributed by atoms with Gasteiger partial charge in [-0.05, 0) is 30.4 Å². The molecule has 0 spiro atoms. The number of aromatic nitrogens is 1. The van der Waals surface area contributed by atoms with Crippen molar-refractivity contribution in [2.24, 2.45) is 11.8 Å². The zero-order valence-corrected chi connectivity index (χ0v) is 12.6. The largest absolute Gasteiger partial charge is 0.481 e. The molecular weight excluding hydrogens is 280 g/mol. The van der Waals surface area contributed by atoms with Crippen molar-refractivity contribution in [2.45, 2.75) is 26.2 Å². The van der Waals surface area contributed by atoms with E-state index >= 15 is 0 Å². The number of fused-ring (bicyclic) bond motifs is 1. The number of hydrogen-bond donors (Lipinski definition) is 3. The number of benzene rings is 1. The number of hydrogen-bond acceptors (Lipinski definition) is 2. The van der Waals surface area contributed by atoms with Crippen LogP contribution in [0.15, 0.2) is 24.4 Å². The standard InChI is InChI=1S/C17H20N2O3/c1-2-10-4-3-5-12-11(9-19-15(10)12)6-7-18-16(20)13-8-14(13)17(21)22/h3-5,9,13-14,19H,2,6-8H2,1H3,(H,18,20)(H,21,22). The lowest BCUT2D eigenvalue weighted by Gasteiger charge is -2.04. The maximum Gasteiger partial charge on any atom is 0.307 e. The lowest BCUT2D eigenvalue weighted by atomic mass is 10.1. The molecule has 1 aliphatic carbocycles. The van der Waals surface area contributed by atoms with Crippen molar-refractivity contribution in [2.75, 3.05) is 6.54 Å². The first-order chi connectivity index (χ1) is 10.6. The van der Waals surface area contributed by atoms with Gasteiger partial charge in [0.25, 0.3) is 0 Å². The second kappa shape index (κ2) is 5.83. The molecule has 1 heterocycles. The fourth-order valence-electron chi connectivity index (χ4n) is 2.99. The summed E-state index contributed by atoms with van der Waals surface area (Å²) in [6.45, 7) is 2.66. The predicted molar refractivity (Wildman–Crippen MR) is 83.6 cm³/mol. The van der Waals surface area contributed by atoms with Gasteiger partial charge in [0.2, 0.25) is 5.91 Å². The monoisotopic (exact) mass is 300 g/mol. The molecule has 1 saturated carbocycles. The first kappa shape index (κ1) is 14.6. The van der Waals surface area contributed by atoms with Gasteiger partial charge in [0.15, 0.2) is 0 Å². The first-order valence-electron chi connectivity index (χ1n) is 7.70. The highest BCUT2D eigenvalue weighted by atomic mass is 16.4. The van der Waals surface area contributed by atoms with Gasteiger partial charge in [-0.3, -0.25) is 9.59 Å². The van der Waals surface area contributed by atoms with E-state index in [2.05, 4.69) is 35.4 Å². The summed E-state index contributed by atoms with van der Waals surface area (Å²) in [5.74, 6) is -1.84. The molecule has 116 valence electrons. The van der Waals surface area contributed by atoms with Gasteiger partial charge >= 0.3 is 5.97 Å². The summed E-state index contributed by atoms with van der Waals surface area (Å²) in [6.07, 6.45) is 4.18. The summed E-state index contributed by atoms with van der Waals surface area (Å²) in [4.78, 5) is 25.9. The van der Waals surface area contributed by atoms with E-state index in [-0.39, 0.29) is 11.8 Å². The molecule has 3 rings (SSSR count). The predicted octanol–water partition coefficient (Wildman–Crippen LogP) is 2.11. The number of H-pyrrole nitrogens is 1. The number of rotatable bonds is 6. The molecule has 0 bridgehead atoms. The number of carbonyl (C=O) groups excluding carboxylic acids is 1. The fourth-order valence-corrected chi connectivity index (χ4v) is 2.99. The average Bonchev–Trinajstić information content (AvgIpc) is 3.22. The van der Waals surface area contributed by atoms with Crippen LogP contribution in [0.3, 0.4) is 0 Å². The molecule has 1 amide bonds. The molecule has 1 aromatic heterocycles. The van der Waals surface area contributed by atoms with Crippen molar-refractivity contribution < 1.29 is 14.7 Å². The minimum Gasteiger partial charge on any atom is -0.481 e. The first-order valence-corrected chi connectivity index (χ1v) is 7.70. The number of aryl methyl sites for hydroxylation is 1. The average molecular weight is 300 g/mol. The van der Waals surface area contributed by atoms with Crippen molar-refractivity contribution in [3.63, 3.8) is 0 Å². The van der Waals surface area contributed by atoms with Crippen LogP contribution in [0.5, 0.6) is 0 Å². The van der Waals surface area contributed by atoms with Crippen LogP contribution < -0.4 is 5.32 Å². The van der Waals surface area contributed by atoms with Crippen molar-refractivity contribution in [3.05, 3.63) is 35.5 Å². The molecule has 2 aromatic rings. The van der Waals surface area contributed by atoms with Crippen LogP contribution in [-0.4, -0.2) is 28.5 Å². The van der Waals surface area contributed by atoms with Gasteiger partial charge in [0.1, 0.15) is 0 Å². The SMILES string of the molecule is CCc1cccc2c(CCNC(=O)C3CC3C(=O)O)c[nH]c12. The third-order valence-electron chi connectivity index (χ3n) is 4.41. The zero-order chi connectivity index (χ0) is 15.7. The van der Waals surface area contributed by atoms with E-state index in [0.29, 0.717) is 13.0 Å². The Hall–Kier alpha value is -2.30. The number of para-hydroxylation sites is 1. The lowest BCUT2D eigenvalue weighted by molar-refractivity contribution is -0.140. The maximum atomic E-state index is 11.8. The van der Waals surface area contributed by atoms with Crippen molar-refractivity contribution in [3.8, 4) is 0 Å². The smallest absolute Gasteiger partial charge is 0.307 e. The Kier molecular flexibility index (Phi) is 3.88. The Balaban J connectivity index is 1.58. The third kappa shape index (κ3) is 2.71. The number of aromatic amines is 1. The van der Waals surface area contributed by atoms with Crippen LogP contribution >= 0.6 is 0 Å². The summed E-state index contributed by atoms with van der Waals surface area (Å²) in [5.41, 5.74) is 3.63. The van der Waals surface area contributed by atoms with E-state index in [4.69, 9.17) is 5.11 Å². The Morgan fingerprint density at radius 2 is 2.14 bits per heavy atom. The summed E-state index contributed by atoms with van der Waals surface area (Å²) in [7, 11) is 0. The highest BCUT2D eigenvalue weighted by Crippen LogP contribution is 2.38. The Morgan fingerprint density at radius 3 is 2.82 bits per heavy atom. The minimum atomic E-state index is -0.871. The molecule has 2 atom stereocenters. The van der Waals surface area contributed by atoms with Gasteiger partial charge in [-0.25, -0.2) is 0 Å². The van der Waals surface area contributed by atoms with Crippen LogP contribution in [0.25, 0.3) is 10.9 Å². The Labute approximate surface area is 128 Å². The second-order valence-electron chi connectivity index (χ2n) is 5.84. The maximum absolute atomic E-state index is 11.8. The quantitative estimate of drug-likeness (QED) is 0.764. The summed E-state index contributed by atoms with van der Waals surface area (Å²) >= 11 is 0. The van der Waals surface area contributed by atoms with E-state index in [0.717, 1.165) is 12.8 Å². The number of carboxylic acid groups (broad SMARTS) is 1. The van der Waals surface area contributed by atoms with E-state index in [1.165, 1.54) is 22.0 Å². The molecule has 1 aromatic carbocycles. The molecule has 3 N–H and O–H groups in total. The second-order valence-corrected chi connectivity index (χ2v) is 5.84. The highest BCUT2D eigenvalue weighted by molar-refractivity contribution is 5.89. The molecule has 1 fully saturated rings. The normalized spacial score (nSPS) is 20.0. The summed E-state index contributed by atoms with van der Waals surface area (Å²) in [5, 5.41) is 12.9. The van der Waals surface area contributed by atoms with Crippen LogP contribution in [0, 0.1) is 11.8 Å². The number of aliphatic carboxylic acids is 1. The summed E-state index contributed by atoms with van der Waals surface area (Å²) in [6, 6.07) is 6.26. The van der Waals surface area contributed by atoms with Crippen molar-refractivity contribution in [1.29, 1.82) is 0 Å². The van der Waals surface area contributed by atoms with Gasteiger partial charge in [-0.15, -0.1) is 0 Å². The van der Waals surface area contributed by atoms with Gasteiger partial charge in [0.05, 0.1) is 11.8 Å². The van der Waals surface area contributed by atoms with Crippen LogP contribution in [0.2, 0.25) is 0 Å². The molecule has 22 heavy (non-hydrogen) atoms. The Morgan fingerprint density at radius 1 is 1.32 bits per heavy atom. The van der Waals surface area contributed by atoms with E-state index in [9.17, 15) is 9.59 Å². The van der Waals surface area contributed by atoms with E-state index in [1.807, 2.05) is 6.20 Å². The molecular formula is C17H20N2O3. The number of amides is 1. The van der Waals surface area contributed by atoms with E-state index in [1.54, 1.807) is 0 Å². The van der Waals surface area contributed by atoms with Crippen LogP contribution in [0.4, 0.5) is 0 Å². The number of carbonyl (C=O) groups is 2. The molecule has 5 nitrogen and oxygen atoms in total. The van der Waals surface area contributed by atoms with E-state index < -0.39 is 11.9 Å². The molecule has 0 saturated heterocycles. The fraction of sp³-hybridized carbons (Fsp3) is 0.412. The van der Waals surface area contributed by atoms with Crippen LogP contribution in [0.1, 0.15) is 24.5 Å².